The number of hydrogen-bond donors (Lipinski definition) is 0. The maximum atomic E-state index is 6.31. The fraction of sp³-hybridized carbons (Fsp3) is 0.0312. The summed E-state index contributed by atoms with van der Waals surface area (Å²) in [5, 5.41) is 4.57. The normalized spacial score (nSPS) is 15.2. The summed E-state index contributed by atoms with van der Waals surface area (Å²) in [5.41, 5.74) is 3.29. The Morgan fingerprint density at radius 3 is 2.00 bits per heavy atom. The van der Waals surface area contributed by atoms with Crippen molar-refractivity contribution in [1.82, 2.24) is 4.57 Å². The van der Waals surface area contributed by atoms with Gasteiger partial charge in [0.2, 0.25) is 0 Å². The molecular formula is C32H21NO3S. The molecule has 5 heteroatoms. The van der Waals surface area contributed by atoms with Gasteiger partial charge in [0.15, 0.2) is 23.0 Å². The molecule has 178 valence electrons. The zero-order valence-electron chi connectivity index (χ0n) is 20.0. The number of nitrogens with zero attached hydrogens (tertiary/aromatic N) is 1. The van der Waals surface area contributed by atoms with E-state index in [2.05, 4.69) is 83.6 Å². The molecule has 2 aliphatic heterocycles. The van der Waals surface area contributed by atoms with Crippen molar-refractivity contribution in [2.45, 2.75) is 16.7 Å². The number of fused-ring (bicyclic) bond motifs is 7. The summed E-state index contributed by atoms with van der Waals surface area (Å²) in [4.78, 5) is 2.41. The summed E-state index contributed by atoms with van der Waals surface area (Å²) >= 11 is 0. The Morgan fingerprint density at radius 1 is 0.541 bits per heavy atom. The van der Waals surface area contributed by atoms with Crippen LogP contribution >= 0.6 is 10.5 Å². The smallest absolute Gasteiger partial charge is 0.172 e. The molecule has 4 nitrogen and oxygen atoms in total. The van der Waals surface area contributed by atoms with Gasteiger partial charge in [-0.3, -0.25) is 0 Å². The molecule has 0 fully saturated rings. The van der Waals surface area contributed by atoms with Crippen molar-refractivity contribution in [3.05, 3.63) is 103 Å². The summed E-state index contributed by atoms with van der Waals surface area (Å²) < 4.78 is 21.1. The van der Waals surface area contributed by atoms with Gasteiger partial charge in [-0.15, -0.1) is 10.5 Å². The van der Waals surface area contributed by atoms with Gasteiger partial charge in [0.25, 0.3) is 0 Å². The van der Waals surface area contributed by atoms with Gasteiger partial charge < -0.3 is 18.8 Å². The second kappa shape index (κ2) is 7.76. The Balaban J connectivity index is 1.36. The van der Waals surface area contributed by atoms with Crippen LogP contribution in [-0.2, 0) is 0 Å². The van der Waals surface area contributed by atoms with Crippen molar-refractivity contribution in [2.24, 2.45) is 0 Å². The van der Waals surface area contributed by atoms with Crippen molar-refractivity contribution in [2.75, 3.05) is 0 Å². The van der Waals surface area contributed by atoms with E-state index in [1.807, 2.05) is 36.4 Å². The summed E-state index contributed by atoms with van der Waals surface area (Å²) in [6.45, 7) is 2.13. The van der Waals surface area contributed by atoms with E-state index in [0.29, 0.717) is 5.75 Å². The van der Waals surface area contributed by atoms with Gasteiger partial charge in [0.05, 0.1) is 15.9 Å². The predicted molar refractivity (Wildman–Crippen MR) is 150 cm³/mol. The lowest BCUT2D eigenvalue weighted by atomic mass is 10.1. The van der Waals surface area contributed by atoms with Crippen LogP contribution in [0.3, 0.4) is 0 Å². The molecule has 0 saturated heterocycles. The Morgan fingerprint density at radius 2 is 1.19 bits per heavy atom. The first-order chi connectivity index (χ1) is 18.3. The topological polar surface area (TPSA) is 32.6 Å². The standard InChI is InChI=1S/C32H21NO3S/c1-2-37-31-14-8-7-13-27(31)36-28-16-15-20(17-32(28)37)33-23-10-4-3-9-21(23)22-18-29-30(19-24(22)33)35-26-12-6-5-11-25(26)34-29/h2-19H,1H3. The van der Waals surface area contributed by atoms with Crippen molar-refractivity contribution in [3.63, 3.8) is 0 Å². The van der Waals surface area contributed by atoms with Crippen LogP contribution in [0.25, 0.3) is 27.5 Å². The van der Waals surface area contributed by atoms with E-state index in [4.69, 9.17) is 14.2 Å². The molecular weight excluding hydrogens is 478 g/mol. The third-order valence-electron chi connectivity index (χ3n) is 6.99. The van der Waals surface area contributed by atoms with E-state index in [1.165, 1.54) is 15.2 Å². The number of aromatic nitrogens is 1. The zero-order valence-corrected chi connectivity index (χ0v) is 20.8. The summed E-state index contributed by atoms with van der Waals surface area (Å²) in [6, 6.07) is 35.3. The van der Waals surface area contributed by atoms with Gasteiger partial charge in [-0.1, -0.05) is 47.8 Å². The van der Waals surface area contributed by atoms with E-state index < -0.39 is 0 Å². The molecule has 0 spiro atoms. The van der Waals surface area contributed by atoms with Crippen LogP contribution in [-0.4, -0.2) is 9.93 Å². The van der Waals surface area contributed by atoms with Gasteiger partial charge in [-0.25, -0.2) is 0 Å². The lowest BCUT2D eigenvalue weighted by Gasteiger charge is -2.24. The summed E-state index contributed by atoms with van der Waals surface area (Å²) in [7, 11) is -0.176. The highest BCUT2D eigenvalue weighted by atomic mass is 32.2. The highest BCUT2D eigenvalue weighted by Gasteiger charge is 2.24. The molecule has 1 aromatic heterocycles. The van der Waals surface area contributed by atoms with Gasteiger partial charge in [-0.05, 0) is 61.5 Å². The van der Waals surface area contributed by atoms with Crippen molar-refractivity contribution in [3.8, 4) is 40.2 Å². The molecule has 0 amide bonds. The average molecular weight is 500 g/mol. The molecule has 0 N–H and O–H groups in total. The Bertz CT molecular complexity index is 1930. The van der Waals surface area contributed by atoms with Crippen LogP contribution in [0.1, 0.15) is 6.92 Å². The monoisotopic (exact) mass is 499 g/mol. The maximum absolute atomic E-state index is 6.31. The van der Waals surface area contributed by atoms with E-state index in [9.17, 15) is 0 Å². The van der Waals surface area contributed by atoms with Gasteiger partial charge >= 0.3 is 0 Å². The molecule has 1 atom stereocenters. The molecule has 0 aliphatic carbocycles. The lowest BCUT2D eigenvalue weighted by Crippen LogP contribution is -2.01. The molecule has 6 aromatic rings. The van der Waals surface area contributed by atoms with Crippen LogP contribution in [0, 0.1) is 0 Å². The van der Waals surface area contributed by atoms with Crippen molar-refractivity contribution in [1.29, 1.82) is 0 Å². The van der Waals surface area contributed by atoms with Gasteiger partial charge in [0, 0.05) is 27.4 Å². The average Bonchev–Trinajstić information content (AvgIpc) is 3.26. The number of benzene rings is 5. The van der Waals surface area contributed by atoms with Crippen molar-refractivity contribution < 1.29 is 14.2 Å². The Labute approximate surface area is 216 Å². The van der Waals surface area contributed by atoms with Crippen molar-refractivity contribution >= 4 is 37.7 Å². The van der Waals surface area contributed by atoms with Crippen LogP contribution in [0.15, 0.2) is 113 Å². The van der Waals surface area contributed by atoms with Crippen LogP contribution < -0.4 is 14.2 Å². The predicted octanol–water partition coefficient (Wildman–Crippen LogP) is 9.30. The van der Waals surface area contributed by atoms with Crippen LogP contribution in [0.2, 0.25) is 0 Å². The number of ether oxygens (including phenoxy) is 3. The third kappa shape index (κ3) is 3.01. The zero-order chi connectivity index (χ0) is 24.5. The number of rotatable bonds is 1. The van der Waals surface area contributed by atoms with Gasteiger partial charge in [0.1, 0.15) is 11.5 Å². The minimum atomic E-state index is -0.176. The molecule has 37 heavy (non-hydrogen) atoms. The quantitative estimate of drug-likeness (QED) is 0.211. The van der Waals surface area contributed by atoms with E-state index >= 15 is 0 Å². The number of hydrogen-bond acceptors (Lipinski definition) is 3. The molecule has 2 aliphatic rings. The van der Waals surface area contributed by atoms with Gasteiger partial charge in [-0.2, -0.15) is 0 Å². The second-order valence-electron chi connectivity index (χ2n) is 9.07. The second-order valence-corrected chi connectivity index (χ2v) is 11.1. The fourth-order valence-electron chi connectivity index (χ4n) is 5.37. The summed E-state index contributed by atoms with van der Waals surface area (Å²) in [5.74, 6) is 4.75. The van der Waals surface area contributed by atoms with E-state index in [1.54, 1.807) is 0 Å². The molecule has 5 aromatic carbocycles. The minimum absolute atomic E-state index is 0.176. The van der Waals surface area contributed by atoms with E-state index in [0.717, 1.165) is 50.9 Å². The lowest BCUT2D eigenvalue weighted by molar-refractivity contribution is 0.360. The molecule has 0 radical (unpaired) electrons. The number of para-hydroxylation sites is 4. The highest BCUT2D eigenvalue weighted by Crippen LogP contribution is 2.53. The molecule has 1 unspecified atom stereocenters. The third-order valence-corrected chi connectivity index (χ3v) is 9.07. The largest absolute Gasteiger partial charge is 0.455 e. The maximum Gasteiger partial charge on any atom is 0.172 e. The first-order valence-electron chi connectivity index (χ1n) is 12.2. The molecule has 8 rings (SSSR count). The highest BCUT2D eigenvalue weighted by molar-refractivity contribution is 8.15. The first kappa shape index (κ1) is 20.7. The SMILES string of the molecule is C/C=S1/c2ccccc2Oc2ccc(-n3c4ccccc4c4cc5c(cc43)Oc3ccccc3O5)cc21. The molecule has 0 bridgehead atoms. The van der Waals surface area contributed by atoms with Crippen LogP contribution in [0.4, 0.5) is 0 Å². The fourth-order valence-corrected chi connectivity index (χ4v) is 7.24. The minimum Gasteiger partial charge on any atom is -0.455 e. The van der Waals surface area contributed by atoms with Crippen LogP contribution in [0.5, 0.6) is 34.5 Å². The Hall–Kier alpha value is -4.48. The Kier molecular flexibility index (Phi) is 4.34. The first-order valence-corrected chi connectivity index (χ1v) is 13.5. The molecule has 3 heterocycles. The summed E-state index contributed by atoms with van der Waals surface area (Å²) in [6.07, 6.45) is 0. The molecule has 0 saturated carbocycles. The van der Waals surface area contributed by atoms with E-state index in [-0.39, 0.29) is 10.5 Å².